The van der Waals surface area contributed by atoms with Crippen LogP contribution in [0.5, 0.6) is 0 Å². The first-order chi connectivity index (χ1) is 15.2. The number of rotatable bonds is 6. The van der Waals surface area contributed by atoms with Crippen molar-refractivity contribution in [2.24, 2.45) is 0 Å². The summed E-state index contributed by atoms with van der Waals surface area (Å²) in [5.74, 6) is 0.310. The topological polar surface area (TPSA) is 72.4 Å². The van der Waals surface area contributed by atoms with Crippen molar-refractivity contribution in [3.8, 4) is 11.3 Å². The van der Waals surface area contributed by atoms with Crippen LogP contribution in [0.4, 0.5) is 5.82 Å². The Hall–Kier alpha value is -3.74. The van der Waals surface area contributed by atoms with Gasteiger partial charge in [0.25, 0.3) is 5.91 Å². The highest BCUT2D eigenvalue weighted by Gasteiger charge is 2.17. The molecule has 0 spiro atoms. The number of carbonyl (C=O) groups is 1. The zero-order chi connectivity index (χ0) is 22.2. The van der Waals surface area contributed by atoms with Crippen molar-refractivity contribution < 1.29 is 14.4 Å². The smallest absolute Gasteiger partial charge is 0.263 e. The van der Waals surface area contributed by atoms with Crippen molar-refractivity contribution in [3.63, 3.8) is 0 Å². The molecule has 7 nitrogen and oxygen atoms in total. The Morgan fingerprint density at radius 2 is 1.94 bits per heavy atom. The van der Waals surface area contributed by atoms with Crippen LogP contribution in [0.3, 0.4) is 0 Å². The van der Waals surface area contributed by atoms with Crippen LogP contribution >= 0.6 is 0 Å². The molecule has 1 aromatic carbocycles. The number of benzene rings is 1. The van der Waals surface area contributed by atoms with Crippen LogP contribution in [-0.4, -0.2) is 27.6 Å². The van der Waals surface area contributed by atoms with Gasteiger partial charge < -0.3 is 5.32 Å². The number of amides is 1. The fourth-order valence-corrected chi connectivity index (χ4v) is 3.19. The van der Waals surface area contributed by atoms with Crippen molar-refractivity contribution in [2.45, 2.75) is 33.6 Å². The van der Waals surface area contributed by atoms with Gasteiger partial charge in [-0.3, -0.25) is 9.63 Å². The molecule has 3 aromatic heterocycles. The monoisotopic (exact) mass is 418 g/mol. The van der Waals surface area contributed by atoms with Gasteiger partial charge in [0, 0.05) is 28.0 Å². The van der Waals surface area contributed by atoms with E-state index in [1.165, 1.54) is 4.73 Å². The average molecular weight is 419 g/mol. The number of aryl methyl sites for hydroxylation is 1. The standard InChI is InChI=1S/C22H21N5O2.C2H6/c1-3-8-17-14-23-27-20(25-22(28)18-11-7-12-26(15-18)29-2)13-19(24-21(17)27)16-9-5-4-6-10-16;1-2/h4-7,9-15H,3,8H2,1-2H3;1-2H3/p+1. The van der Waals surface area contributed by atoms with Crippen LogP contribution in [0.25, 0.3) is 16.9 Å². The third-order valence-corrected chi connectivity index (χ3v) is 4.62. The number of pyridine rings is 1. The van der Waals surface area contributed by atoms with Crippen LogP contribution in [-0.2, 0) is 6.42 Å². The molecule has 4 rings (SSSR count). The second kappa shape index (κ2) is 10.3. The second-order valence-corrected chi connectivity index (χ2v) is 6.64. The molecule has 7 heteroatoms. The van der Waals surface area contributed by atoms with Crippen molar-refractivity contribution in [1.82, 2.24) is 14.6 Å². The summed E-state index contributed by atoms with van der Waals surface area (Å²) in [5.41, 5.74) is 4.04. The second-order valence-electron chi connectivity index (χ2n) is 6.64. The minimum Gasteiger partial charge on any atom is -0.306 e. The van der Waals surface area contributed by atoms with Crippen molar-refractivity contribution >= 4 is 17.4 Å². The molecule has 4 aromatic rings. The van der Waals surface area contributed by atoms with Crippen molar-refractivity contribution in [2.75, 3.05) is 12.4 Å². The fourth-order valence-electron chi connectivity index (χ4n) is 3.19. The molecule has 0 atom stereocenters. The van der Waals surface area contributed by atoms with E-state index in [2.05, 4.69) is 17.3 Å². The van der Waals surface area contributed by atoms with Gasteiger partial charge in [-0.1, -0.05) is 57.5 Å². The molecule has 0 saturated carbocycles. The number of hydrogen-bond donors (Lipinski definition) is 1. The maximum atomic E-state index is 12.9. The van der Waals surface area contributed by atoms with Crippen LogP contribution in [0.1, 0.15) is 43.1 Å². The van der Waals surface area contributed by atoms with Gasteiger partial charge in [0.05, 0.1) is 11.9 Å². The van der Waals surface area contributed by atoms with Crippen molar-refractivity contribution in [1.29, 1.82) is 0 Å². The molecule has 160 valence electrons. The molecule has 3 heterocycles. The molecular formula is C24H28N5O2+. The molecule has 0 aliphatic rings. The number of anilines is 1. The van der Waals surface area contributed by atoms with E-state index in [1.54, 1.807) is 36.2 Å². The van der Waals surface area contributed by atoms with Crippen LogP contribution in [0, 0.1) is 0 Å². The molecule has 0 saturated heterocycles. The SMILES string of the molecule is CC.CCCc1cnn2c(NC(=O)c3ccc[n+](OC)c3)cc(-c3ccccc3)nc12. The van der Waals surface area contributed by atoms with E-state index in [0.717, 1.165) is 35.3 Å². The van der Waals surface area contributed by atoms with Crippen molar-refractivity contribution in [3.05, 3.63) is 78.2 Å². The van der Waals surface area contributed by atoms with Gasteiger partial charge in [0.2, 0.25) is 12.4 Å². The van der Waals surface area contributed by atoms with Gasteiger partial charge in [-0.25, -0.2) is 4.98 Å². The fraction of sp³-hybridized carbons (Fsp3) is 0.250. The van der Waals surface area contributed by atoms with E-state index in [0.29, 0.717) is 11.4 Å². The van der Waals surface area contributed by atoms with E-state index >= 15 is 0 Å². The summed E-state index contributed by atoms with van der Waals surface area (Å²) in [6.45, 7) is 6.12. The zero-order valence-corrected chi connectivity index (χ0v) is 18.4. The molecule has 0 radical (unpaired) electrons. The molecular weight excluding hydrogens is 390 g/mol. The predicted molar refractivity (Wildman–Crippen MR) is 121 cm³/mol. The summed E-state index contributed by atoms with van der Waals surface area (Å²) in [7, 11) is 1.54. The lowest BCUT2D eigenvalue weighted by Gasteiger charge is -2.10. The lowest BCUT2D eigenvalue weighted by molar-refractivity contribution is -0.885. The highest BCUT2D eigenvalue weighted by Crippen LogP contribution is 2.24. The van der Waals surface area contributed by atoms with Gasteiger partial charge in [-0.15, -0.1) is 0 Å². The Labute approximate surface area is 182 Å². The highest BCUT2D eigenvalue weighted by atomic mass is 16.6. The van der Waals surface area contributed by atoms with E-state index in [1.807, 2.05) is 56.4 Å². The minimum absolute atomic E-state index is 0.254. The van der Waals surface area contributed by atoms with Crippen LogP contribution in [0.2, 0.25) is 0 Å². The predicted octanol–water partition coefficient (Wildman–Crippen LogP) is 3.97. The Morgan fingerprint density at radius 1 is 1.16 bits per heavy atom. The van der Waals surface area contributed by atoms with Gasteiger partial charge in [0.1, 0.15) is 18.5 Å². The zero-order valence-electron chi connectivity index (χ0n) is 18.4. The summed E-state index contributed by atoms with van der Waals surface area (Å²) in [6, 6.07) is 15.2. The molecule has 1 N–H and O–H groups in total. The number of nitrogens with zero attached hydrogens (tertiary/aromatic N) is 4. The van der Waals surface area contributed by atoms with Gasteiger partial charge in [-0.05, 0) is 12.5 Å². The van der Waals surface area contributed by atoms with E-state index in [4.69, 9.17) is 9.82 Å². The summed E-state index contributed by atoms with van der Waals surface area (Å²) in [5, 5.41) is 7.43. The Bertz CT molecular complexity index is 1160. The quantitative estimate of drug-likeness (QED) is 0.481. The maximum Gasteiger partial charge on any atom is 0.263 e. The number of fused-ring (bicyclic) bond motifs is 1. The van der Waals surface area contributed by atoms with Gasteiger partial charge in [0.15, 0.2) is 5.65 Å². The number of aromatic nitrogens is 4. The van der Waals surface area contributed by atoms with Gasteiger partial charge >= 0.3 is 0 Å². The first-order valence-electron chi connectivity index (χ1n) is 10.5. The molecule has 0 aliphatic carbocycles. The lowest BCUT2D eigenvalue weighted by atomic mass is 10.1. The molecule has 31 heavy (non-hydrogen) atoms. The Balaban J connectivity index is 0.00000132. The molecule has 1 amide bonds. The van der Waals surface area contributed by atoms with Gasteiger partial charge in [-0.2, -0.15) is 9.61 Å². The average Bonchev–Trinajstić information content (AvgIpc) is 3.24. The summed E-state index contributed by atoms with van der Waals surface area (Å²) >= 11 is 0. The number of carbonyl (C=O) groups excluding carboxylic acids is 1. The summed E-state index contributed by atoms with van der Waals surface area (Å²) in [4.78, 5) is 22.8. The Morgan fingerprint density at radius 3 is 2.65 bits per heavy atom. The minimum atomic E-state index is -0.254. The lowest BCUT2D eigenvalue weighted by Crippen LogP contribution is -2.40. The number of nitrogens with one attached hydrogen (secondary N) is 1. The molecule has 0 aliphatic heterocycles. The summed E-state index contributed by atoms with van der Waals surface area (Å²) < 4.78 is 3.16. The third kappa shape index (κ3) is 4.88. The van der Waals surface area contributed by atoms with E-state index in [9.17, 15) is 4.79 Å². The maximum absolute atomic E-state index is 12.9. The first kappa shape index (κ1) is 22.0. The third-order valence-electron chi connectivity index (χ3n) is 4.62. The van der Waals surface area contributed by atoms with E-state index in [-0.39, 0.29) is 5.91 Å². The summed E-state index contributed by atoms with van der Waals surface area (Å²) in [6.07, 6.45) is 7.02. The first-order valence-corrected chi connectivity index (χ1v) is 10.5. The van der Waals surface area contributed by atoms with Crippen LogP contribution in [0.15, 0.2) is 67.1 Å². The largest absolute Gasteiger partial charge is 0.306 e. The normalized spacial score (nSPS) is 10.3. The highest BCUT2D eigenvalue weighted by molar-refractivity contribution is 6.03. The Kier molecular flexibility index (Phi) is 7.32. The van der Waals surface area contributed by atoms with Crippen LogP contribution < -0.4 is 14.9 Å². The molecule has 0 unspecified atom stereocenters. The van der Waals surface area contributed by atoms with E-state index < -0.39 is 0 Å². The molecule has 0 bridgehead atoms. The molecule has 0 fully saturated rings. The number of hydrogen-bond acceptors (Lipinski definition) is 4.